The summed E-state index contributed by atoms with van der Waals surface area (Å²) in [4.78, 5) is 1.15. The Bertz CT molecular complexity index is 789. The number of nitrogens with two attached hydrogens (primary N) is 1. The van der Waals surface area contributed by atoms with Crippen LogP contribution in [0.3, 0.4) is 0 Å². The van der Waals surface area contributed by atoms with Crippen molar-refractivity contribution >= 4 is 11.8 Å². The minimum atomic E-state index is -0.316. The molecule has 118 valence electrons. The molecule has 0 radical (unpaired) electrons. The van der Waals surface area contributed by atoms with Crippen molar-refractivity contribution in [2.24, 2.45) is 5.73 Å². The molecule has 1 aromatic heterocycles. The van der Waals surface area contributed by atoms with Crippen LogP contribution >= 0.6 is 11.8 Å². The number of nitrogens with zero attached hydrogens (tertiary/aromatic N) is 2. The number of thioether (sulfide) groups is 1. The number of fused-ring (bicyclic) bond motifs is 1. The lowest BCUT2D eigenvalue weighted by atomic mass is 9.84. The van der Waals surface area contributed by atoms with E-state index in [1.54, 1.807) is 18.9 Å². The summed E-state index contributed by atoms with van der Waals surface area (Å²) in [5.74, 6) is 0.172. The van der Waals surface area contributed by atoms with Gasteiger partial charge in [0, 0.05) is 12.0 Å². The largest absolute Gasteiger partial charge is 0.420 e. The zero-order chi connectivity index (χ0) is 16.4. The summed E-state index contributed by atoms with van der Waals surface area (Å²) < 4.78 is 10.7. The number of aromatic amines is 1. The lowest BCUT2D eigenvalue weighted by Crippen LogP contribution is -2.21. The van der Waals surface area contributed by atoms with Crippen LogP contribution in [-0.2, 0) is 11.3 Å². The average Bonchev–Trinajstić information content (AvgIpc) is 2.96. The Hall–Kier alpha value is -2.43. The van der Waals surface area contributed by atoms with Gasteiger partial charge in [0.2, 0.25) is 11.8 Å². The van der Waals surface area contributed by atoms with Crippen molar-refractivity contribution < 1.29 is 9.47 Å². The second-order valence-electron chi connectivity index (χ2n) is 5.05. The Morgan fingerprint density at radius 1 is 1.43 bits per heavy atom. The van der Waals surface area contributed by atoms with Gasteiger partial charge < -0.3 is 15.2 Å². The number of nitriles is 1. The minimum Gasteiger partial charge on any atom is -0.420 e. The molecule has 0 unspecified atom stereocenters. The molecule has 23 heavy (non-hydrogen) atoms. The molecule has 7 heteroatoms. The van der Waals surface area contributed by atoms with Gasteiger partial charge in [0.15, 0.2) is 0 Å². The van der Waals surface area contributed by atoms with Gasteiger partial charge in [-0.2, -0.15) is 5.26 Å². The second kappa shape index (κ2) is 6.36. The molecule has 2 heterocycles. The molecule has 0 saturated heterocycles. The van der Waals surface area contributed by atoms with Gasteiger partial charge in [-0.3, -0.25) is 5.10 Å². The third-order valence-electron chi connectivity index (χ3n) is 3.76. The lowest BCUT2D eigenvalue weighted by Gasteiger charge is -2.24. The molecule has 3 rings (SSSR count). The van der Waals surface area contributed by atoms with Gasteiger partial charge in [0.05, 0.1) is 23.8 Å². The summed E-state index contributed by atoms with van der Waals surface area (Å²) in [6, 6.07) is 10.2. The number of nitrogens with one attached hydrogen (secondary N) is 1. The fourth-order valence-corrected chi connectivity index (χ4v) is 3.10. The molecule has 3 N–H and O–H groups in total. The molecule has 0 aliphatic carbocycles. The number of benzene rings is 1. The van der Waals surface area contributed by atoms with Crippen LogP contribution < -0.4 is 10.5 Å². The standard InChI is InChI=1S/C16H16N4O2S/c1-21-8-12-14-13(9-3-5-10(23-2)6-4-9)11(7-17)15(18)22-16(14)20-19-12/h3-6,13H,8,18H2,1-2H3,(H,19,20)/t13-/m1/s1. The number of ether oxygens (including phenoxy) is 2. The van der Waals surface area contributed by atoms with E-state index < -0.39 is 0 Å². The maximum absolute atomic E-state index is 9.54. The third kappa shape index (κ3) is 2.67. The van der Waals surface area contributed by atoms with Crippen LogP contribution in [0.1, 0.15) is 22.7 Å². The summed E-state index contributed by atoms with van der Waals surface area (Å²) in [7, 11) is 1.61. The molecule has 1 aliphatic heterocycles. The van der Waals surface area contributed by atoms with Gasteiger partial charge in [0.1, 0.15) is 11.6 Å². The van der Waals surface area contributed by atoms with Crippen molar-refractivity contribution in [1.82, 2.24) is 10.2 Å². The zero-order valence-electron chi connectivity index (χ0n) is 12.8. The predicted octanol–water partition coefficient (Wildman–Crippen LogP) is 2.50. The van der Waals surface area contributed by atoms with Gasteiger partial charge in [-0.15, -0.1) is 16.9 Å². The Morgan fingerprint density at radius 2 is 2.17 bits per heavy atom. The molecule has 1 aliphatic rings. The molecule has 6 nitrogen and oxygen atoms in total. The van der Waals surface area contributed by atoms with E-state index in [1.807, 2.05) is 30.5 Å². The first-order valence-electron chi connectivity index (χ1n) is 6.97. The number of H-pyrrole nitrogens is 1. The van der Waals surface area contributed by atoms with Crippen LogP contribution in [0.25, 0.3) is 0 Å². The quantitative estimate of drug-likeness (QED) is 0.837. The third-order valence-corrected chi connectivity index (χ3v) is 4.50. The fraction of sp³-hybridized carbons (Fsp3) is 0.250. The second-order valence-corrected chi connectivity index (χ2v) is 5.93. The van der Waals surface area contributed by atoms with E-state index in [4.69, 9.17) is 15.2 Å². The molecule has 0 bridgehead atoms. The monoisotopic (exact) mass is 328 g/mol. The van der Waals surface area contributed by atoms with Crippen LogP contribution in [-0.4, -0.2) is 23.6 Å². The predicted molar refractivity (Wildman–Crippen MR) is 86.8 cm³/mol. The number of aromatic nitrogens is 2. The SMILES string of the molecule is COCc1[nH]nc2c1[C@H](c1ccc(SC)cc1)C(C#N)=C(N)O2. The number of allylic oxidation sites excluding steroid dienone is 1. The maximum atomic E-state index is 9.54. The number of hydrogen-bond acceptors (Lipinski definition) is 6. The van der Waals surface area contributed by atoms with E-state index in [9.17, 15) is 5.26 Å². The molecule has 0 saturated carbocycles. The highest BCUT2D eigenvalue weighted by atomic mass is 32.2. The van der Waals surface area contributed by atoms with E-state index in [0.29, 0.717) is 18.1 Å². The molecule has 1 atom stereocenters. The van der Waals surface area contributed by atoms with Crippen molar-refractivity contribution in [3.05, 3.63) is 52.5 Å². The normalized spacial score (nSPS) is 16.7. The highest BCUT2D eigenvalue weighted by Crippen LogP contribution is 2.43. The Morgan fingerprint density at radius 3 is 2.78 bits per heavy atom. The van der Waals surface area contributed by atoms with Gasteiger partial charge >= 0.3 is 0 Å². The Labute approximate surface area is 138 Å². The molecular formula is C16H16N4O2S. The highest BCUT2D eigenvalue weighted by molar-refractivity contribution is 7.98. The Kier molecular flexibility index (Phi) is 4.28. The summed E-state index contributed by atoms with van der Waals surface area (Å²) in [6.45, 7) is 0.351. The minimum absolute atomic E-state index is 0.0920. The summed E-state index contributed by atoms with van der Waals surface area (Å²) in [5, 5.41) is 16.6. The van der Waals surface area contributed by atoms with Gasteiger partial charge in [0.25, 0.3) is 0 Å². The fourth-order valence-electron chi connectivity index (χ4n) is 2.69. The van der Waals surface area contributed by atoms with E-state index >= 15 is 0 Å². The molecule has 2 aromatic rings. The molecule has 0 amide bonds. The number of rotatable bonds is 4. The van der Waals surface area contributed by atoms with E-state index in [-0.39, 0.29) is 11.8 Å². The van der Waals surface area contributed by atoms with Crippen molar-refractivity contribution in [1.29, 1.82) is 5.26 Å². The van der Waals surface area contributed by atoms with Gasteiger partial charge in [-0.25, -0.2) is 0 Å². The average molecular weight is 328 g/mol. The van der Waals surface area contributed by atoms with Gasteiger partial charge in [-0.05, 0) is 24.0 Å². The van der Waals surface area contributed by atoms with Crippen molar-refractivity contribution in [2.75, 3.05) is 13.4 Å². The summed E-state index contributed by atoms with van der Waals surface area (Å²) >= 11 is 1.66. The highest BCUT2D eigenvalue weighted by Gasteiger charge is 2.35. The van der Waals surface area contributed by atoms with Crippen LogP contribution in [0.15, 0.2) is 40.6 Å². The van der Waals surface area contributed by atoms with Crippen molar-refractivity contribution in [3.63, 3.8) is 0 Å². The summed E-state index contributed by atoms with van der Waals surface area (Å²) in [5.41, 5.74) is 8.84. The topological polar surface area (TPSA) is 97.0 Å². The first kappa shape index (κ1) is 15.5. The summed E-state index contributed by atoms with van der Waals surface area (Å²) in [6.07, 6.45) is 2.02. The smallest absolute Gasteiger partial charge is 0.244 e. The lowest BCUT2D eigenvalue weighted by molar-refractivity contribution is 0.180. The van der Waals surface area contributed by atoms with E-state index in [1.165, 1.54) is 0 Å². The first-order valence-corrected chi connectivity index (χ1v) is 8.19. The number of methoxy groups -OCH3 is 1. The van der Waals surface area contributed by atoms with Gasteiger partial charge in [-0.1, -0.05) is 12.1 Å². The van der Waals surface area contributed by atoms with Crippen molar-refractivity contribution in [2.45, 2.75) is 17.4 Å². The number of hydrogen-bond donors (Lipinski definition) is 2. The Balaban J connectivity index is 2.15. The molecule has 0 spiro atoms. The van der Waals surface area contributed by atoms with E-state index in [0.717, 1.165) is 21.7 Å². The zero-order valence-corrected chi connectivity index (χ0v) is 13.6. The molecule has 0 fully saturated rings. The van der Waals surface area contributed by atoms with Crippen molar-refractivity contribution in [3.8, 4) is 11.9 Å². The van der Waals surface area contributed by atoms with Crippen LogP contribution in [0.2, 0.25) is 0 Å². The molecular weight excluding hydrogens is 312 g/mol. The van der Waals surface area contributed by atoms with Crippen LogP contribution in [0.4, 0.5) is 0 Å². The maximum Gasteiger partial charge on any atom is 0.244 e. The van der Waals surface area contributed by atoms with E-state index in [2.05, 4.69) is 16.3 Å². The van der Waals surface area contributed by atoms with Crippen LogP contribution in [0, 0.1) is 11.3 Å². The first-order chi connectivity index (χ1) is 11.2. The van der Waals surface area contributed by atoms with Crippen LogP contribution in [0.5, 0.6) is 5.88 Å². The molecule has 1 aromatic carbocycles.